The number of sulfone groups is 1. The minimum atomic E-state index is -3.29. The van der Waals surface area contributed by atoms with Crippen molar-refractivity contribution in [2.75, 3.05) is 24.7 Å². The second-order valence-electron chi connectivity index (χ2n) is 6.96. The lowest BCUT2D eigenvalue weighted by atomic mass is 10.0. The summed E-state index contributed by atoms with van der Waals surface area (Å²) in [5.74, 6) is 0.732. The highest BCUT2D eigenvalue weighted by Gasteiger charge is 2.13. The van der Waals surface area contributed by atoms with Gasteiger partial charge in [-0.15, -0.1) is 0 Å². The number of anilines is 1. The highest BCUT2D eigenvalue weighted by Crippen LogP contribution is 2.26. The van der Waals surface area contributed by atoms with Gasteiger partial charge in [-0.3, -0.25) is 0 Å². The van der Waals surface area contributed by atoms with Crippen LogP contribution in [-0.2, 0) is 16.3 Å². The third-order valence-electron chi connectivity index (χ3n) is 4.97. The summed E-state index contributed by atoms with van der Waals surface area (Å²) in [6, 6.07) is 19.7. The number of nitrogens with zero attached hydrogens (tertiary/aromatic N) is 3. The van der Waals surface area contributed by atoms with Crippen molar-refractivity contribution in [2.24, 2.45) is 0 Å². The summed E-state index contributed by atoms with van der Waals surface area (Å²) in [4.78, 5) is 11.0. The molecule has 28 heavy (non-hydrogen) atoms. The Hall–Kier alpha value is -2.99. The maximum absolute atomic E-state index is 11.9. The molecule has 0 bridgehead atoms. The SMILES string of the molecule is CN(CCc1cccc2ccccc12)c1ncnc2ccc(S(C)(=O)=O)cc12. The van der Waals surface area contributed by atoms with Crippen LogP contribution in [0.1, 0.15) is 5.56 Å². The highest BCUT2D eigenvalue weighted by atomic mass is 32.2. The summed E-state index contributed by atoms with van der Waals surface area (Å²) in [5, 5.41) is 3.23. The lowest BCUT2D eigenvalue weighted by molar-refractivity contribution is 0.602. The van der Waals surface area contributed by atoms with E-state index < -0.39 is 9.84 Å². The molecule has 0 N–H and O–H groups in total. The lowest BCUT2D eigenvalue weighted by Gasteiger charge is -2.20. The van der Waals surface area contributed by atoms with Crippen LogP contribution in [-0.4, -0.2) is 38.2 Å². The minimum absolute atomic E-state index is 0.276. The molecule has 0 fully saturated rings. The van der Waals surface area contributed by atoms with Crippen LogP contribution in [0, 0.1) is 0 Å². The molecule has 5 nitrogen and oxygen atoms in total. The van der Waals surface area contributed by atoms with Crippen LogP contribution in [0.15, 0.2) is 71.9 Å². The Morgan fingerprint density at radius 2 is 1.71 bits per heavy atom. The van der Waals surface area contributed by atoms with E-state index in [1.807, 2.05) is 13.1 Å². The smallest absolute Gasteiger partial charge is 0.175 e. The van der Waals surface area contributed by atoms with Gasteiger partial charge in [0.2, 0.25) is 0 Å². The molecule has 3 aromatic carbocycles. The lowest BCUT2D eigenvalue weighted by Crippen LogP contribution is -2.22. The Kier molecular flexibility index (Phi) is 4.73. The fourth-order valence-electron chi connectivity index (χ4n) is 3.46. The predicted molar refractivity (Wildman–Crippen MR) is 114 cm³/mol. The van der Waals surface area contributed by atoms with Crippen molar-refractivity contribution < 1.29 is 8.42 Å². The number of aromatic nitrogens is 2. The normalized spacial score (nSPS) is 11.8. The molecule has 0 radical (unpaired) electrons. The molecule has 6 heteroatoms. The van der Waals surface area contributed by atoms with Crippen LogP contribution in [0.3, 0.4) is 0 Å². The summed E-state index contributed by atoms with van der Waals surface area (Å²) in [5.41, 5.74) is 2.01. The second kappa shape index (κ2) is 7.20. The van der Waals surface area contributed by atoms with E-state index in [0.29, 0.717) is 0 Å². The van der Waals surface area contributed by atoms with E-state index in [4.69, 9.17) is 0 Å². The third kappa shape index (κ3) is 3.55. The van der Waals surface area contributed by atoms with E-state index in [9.17, 15) is 8.42 Å². The Morgan fingerprint density at radius 1 is 0.929 bits per heavy atom. The molecule has 0 saturated carbocycles. The van der Waals surface area contributed by atoms with Crippen molar-refractivity contribution >= 4 is 37.3 Å². The molecule has 0 aliphatic carbocycles. The second-order valence-corrected chi connectivity index (χ2v) is 8.97. The minimum Gasteiger partial charge on any atom is -0.359 e. The quantitative estimate of drug-likeness (QED) is 0.517. The summed E-state index contributed by atoms with van der Waals surface area (Å²) in [7, 11) is -1.32. The average Bonchev–Trinajstić information content (AvgIpc) is 2.70. The first-order valence-corrected chi connectivity index (χ1v) is 11.0. The van der Waals surface area contributed by atoms with Crippen LogP contribution in [0.25, 0.3) is 21.7 Å². The largest absolute Gasteiger partial charge is 0.359 e. The Morgan fingerprint density at radius 3 is 2.54 bits per heavy atom. The van der Waals surface area contributed by atoms with Gasteiger partial charge >= 0.3 is 0 Å². The molecule has 0 atom stereocenters. The molecule has 4 rings (SSSR count). The maximum atomic E-state index is 11.9. The highest BCUT2D eigenvalue weighted by molar-refractivity contribution is 7.90. The van der Waals surface area contributed by atoms with E-state index in [2.05, 4.69) is 51.3 Å². The summed E-state index contributed by atoms with van der Waals surface area (Å²) >= 11 is 0. The maximum Gasteiger partial charge on any atom is 0.175 e. The standard InChI is InChI=1S/C22H21N3O2S/c1-25(13-12-17-8-5-7-16-6-3-4-9-19(16)17)22-20-14-18(28(2,26)27)10-11-21(20)23-15-24-22/h3-11,14-15H,12-13H2,1-2H3. The molecular formula is C22H21N3O2S. The van der Waals surface area contributed by atoms with E-state index >= 15 is 0 Å². The van der Waals surface area contributed by atoms with Crippen molar-refractivity contribution in [2.45, 2.75) is 11.3 Å². The molecule has 4 aromatic rings. The third-order valence-corrected chi connectivity index (χ3v) is 6.08. The number of likely N-dealkylation sites (N-methyl/N-ethyl adjacent to an activating group) is 1. The van der Waals surface area contributed by atoms with Gasteiger partial charge in [0.05, 0.1) is 10.4 Å². The zero-order valence-corrected chi connectivity index (χ0v) is 16.6. The zero-order valence-electron chi connectivity index (χ0n) is 15.8. The van der Waals surface area contributed by atoms with Crippen molar-refractivity contribution in [3.05, 3.63) is 72.6 Å². The van der Waals surface area contributed by atoms with Gasteiger partial charge in [0, 0.05) is 25.2 Å². The predicted octanol–water partition coefficient (Wildman–Crippen LogP) is 3.87. The summed E-state index contributed by atoms with van der Waals surface area (Å²) in [6.45, 7) is 0.753. The van der Waals surface area contributed by atoms with Crippen LogP contribution >= 0.6 is 0 Å². The van der Waals surface area contributed by atoms with Gasteiger partial charge in [-0.2, -0.15) is 0 Å². The zero-order chi connectivity index (χ0) is 19.7. The Balaban J connectivity index is 1.66. The van der Waals surface area contributed by atoms with Crippen molar-refractivity contribution in [3.63, 3.8) is 0 Å². The summed E-state index contributed by atoms with van der Waals surface area (Å²) < 4.78 is 23.9. The van der Waals surface area contributed by atoms with Crippen LogP contribution < -0.4 is 4.90 Å². The van der Waals surface area contributed by atoms with Gasteiger partial charge in [0.15, 0.2) is 9.84 Å². The fraction of sp³-hybridized carbons (Fsp3) is 0.182. The first-order chi connectivity index (χ1) is 13.4. The van der Waals surface area contributed by atoms with Gasteiger partial charge in [-0.25, -0.2) is 18.4 Å². The van der Waals surface area contributed by atoms with Gasteiger partial charge in [0.25, 0.3) is 0 Å². The van der Waals surface area contributed by atoms with Crippen LogP contribution in [0.2, 0.25) is 0 Å². The van der Waals surface area contributed by atoms with Crippen LogP contribution in [0.4, 0.5) is 5.82 Å². The Labute approximate surface area is 164 Å². The molecule has 0 unspecified atom stereocenters. The average molecular weight is 391 g/mol. The summed E-state index contributed by atoms with van der Waals surface area (Å²) in [6.07, 6.45) is 3.59. The molecule has 0 amide bonds. The molecule has 0 aliphatic heterocycles. The number of rotatable bonds is 5. The molecule has 1 heterocycles. The molecule has 0 saturated heterocycles. The van der Waals surface area contributed by atoms with E-state index in [-0.39, 0.29) is 4.90 Å². The van der Waals surface area contributed by atoms with Crippen molar-refractivity contribution in [1.29, 1.82) is 0 Å². The Bertz CT molecular complexity index is 1260. The van der Waals surface area contributed by atoms with Gasteiger partial charge in [-0.05, 0) is 41.0 Å². The first-order valence-electron chi connectivity index (χ1n) is 9.06. The fourth-order valence-corrected chi connectivity index (χ4v) is 4.11. The molecule has 1 aromatic heterocycles. The number of benzene rings is 3. The molecule has 0 aliphatic rings. The van der Waals surface area contributed by atoms with E-state index in [1.165, 1.54) is 28.9 Å². The van der Waals surface area contributed by atoms with Crippen molar-refractivity contribution in [1.82, 2.24) is 9.97 Å². The number of fused-ring (bicyclic) bond motifs is 2. The molecular weight excluding hydrogens is 370 g/mol. The van der Waals surface area contributed by atoms with Gasteiger partial charge < -0.3 is 4.90 Å². The van der Waals surface area contributed by atoms with E-state index in [1.54, 1.807) is 18.2 Å². The number of hydrogen-bond acceptors (Lipinski definition) is 5. The monoisotopic (exact) mass is 391 g/mol. The molecule has 0 spiro atoms. The van der Waals surface area contributed by atoms with Gasteiger partial charge in [-0.1, -0.05) is 42.5 Å². The molecule has 142 valence electrons. The number of hydrogen-bond donors (Lipinski definition) is 0. The first kappa shape index (κ1) is 18.4. The topological polar surface area (TPSA) is 63.2 Å². The van der Waals surface area contributed by atoms with Crippen LogP contribution in [0.5, 0.6) is 0 Å². The van der Waals surface area contributed by atoms with Gasteiger partial charge in [0.1, 0.15) is 12.1 Å². The van der Waals surface area contributed by atoms with Crippen molar-refractivity contribution in [3.8, 4) is 0 Å². The van der Waals surface area contributed by atoms with E-state index in [0.717, 1.165) is 29.7 Å².